The molecule has 0 bridgehead atoms. The molecule has 0 amide bonds. The third-order valence-corrected chi connectivity index (χ3v) is 10.5. The Morgan fingerprint density at radius 2 is 1.24 bits per heavy atom. The summed E-state index contributed by atoms with van der Waals surface area (Å²) < 4.78 is 6.94. The van der Waals surface area contributed by atoms with Crippen LogP contribution in [0.4, 0.5) is 0 Å². The zero-order chi connectivity index (χ0) is 18.3. The maximum atomic E-state index is 6.94. The molecule has 25 heavy (non-hydrogen) atoms. The second-order valence-corrected chi connectivity index (χ2v) is 12.3. The standard InChI is InChI=1S/C23H34OSi/c1-6-20(7-2)18-19-24-25(23(3,4)5,21-14-10-8-11-15-21)22-16-12-9-13-17-22/h8-17,20H,6-7,18-19H2,1-5H3. The molecule has 136 valence electrons. The first-order valence-electron chi connectivity index (χ1n) is 9.70. The maximum absolute atomic E-state index is 6.94. The van der Waals surface area contributed by atoms with Crippen molar-refractivity contribution in [2.24, 2.45) is 5.92 Å². The van der Waals surface area contributed by atoms with Crippen molar-refractivity contribution in [3.63, 3.8) is 0 Å². The maximum Gasteiger partial charge on any atom is 0.261 e. The van der Waals surface area contributed by atoms with E-state index >= 15 is 0 Å². The molecule has 0 unspecified atom stereocenters. The lowest BCUT2D eigenvalue weighted by atomic mass is 10.0. The van der Waals surface area contributed by atoms with Gasteiger partial charge < -0.3 is 4.43 Å². The van der Waals surface area contributed by atoms with Crippen LogP contribution in [-0.4, -0.2) is 14.9 Å². The first-order chi connectivity index (χ1) is 12.0. The van der Waals surface area contributed by atoms with E-state index < -0.39 is 8.32 Å². The van der Waals surface area contributed by atoms with Crippen LogP contribution in [0.2, 0.25) is 5.04 Å². The number of benzene rings is 2. The smallest absolute Gasteiger partial charge is 0.261 e. The molecule has 2 heteroatoms. The molecule has 0 aliphatic heterocycles. The minimum atomic E-state index is -2.34. The molecular weight excluding hydrogens is 320 g/mol. The van der Waals surface area contributed by atoms with Crippen molar-refractivity contribution >= 4 is 18.7 Å². The Kier molecular flexibility index (Phi) is 7.03. The Hall–Kier alpha value is -1.38. The Bertz CT molecular complexity index is 572. The fourth-order valence-electron chi connectivity index (χ4n) is 3.84. The highest BCUT2D eigenvalue weighted by atomic mass is 28.4. The second-order valence-electron chi connectivity index (χ2n) is 7.98. The van der Waals surface area contributed by atoms with E-state index in [9.17, 15) is 0 Å². The van der Waals surface area contributed by atoms with Crippen molar-refractivity contribution in [3.05, 3.63) is 60.7 Å². The van der Waals surface area contributed by atoms with Gasteiger partial charge in [0, 0.05) is 6.61 Å². The quantitative estimate of drug-likeness (QED) is 0.578. The number of rotatable bonds is 8. The largest absolute Gasteiger partial charge is 0.407 e. The fraction of sp³-hybridized carbons (Fsp3) is 0.478. The Balaban J connectivity index is 2.46. The minimum absolute atomic E-state index is 0.0730. The second kappa shape index (κ2) is 8.82. The zero-order valence-corrected chi connectivity index (χ0v) is 17.6. The molecule has 0 aromatic heterocycles. The number of hydrogen-bond donors (Lipinski definition) is 0. The first-order valence-corrected chi connectivity index (χ1v) is 11.6. The van der Waals surface area contributed by atoms with Gasteiger partial charge in [0.25, 0.3) is 8.32 Å². The van der Waals surface area contributed by atoms with Crippen molar-refractivity contribution in [1.29, 1.82) is 0 Å². The summed E-state index contributed by atoms with van der Waals surface area (Å²) >= 11 is 0. The van der Waals surface area contributed by atoms with Gasteiger partial charge in [-0.1, -0.05) is 108 Å². The molecule has 0 saturated carbocycles. The fourth-order valence-corrected chi connectivity index (χ4v) is 8.42. The van der Waals surface area contributed by atoms with E-state index in [0.717, 1.165) is 18.9 Å². The van der Waals surface area contributed by atoms with Gasteiger partial charge in [-0.05, 0) is 27.8 Å². The molecule has 0 aliphatic rings. The van der Waals surface area contributed by atoms with E-state index in [1.54, 1.807) is 0 Å². The summed E-state index contributed by atoms with van der Waals surface area (Å²) in [5.41, 5.74) is 0. The lowest BCUT2D eigenvalue weighted by Crippen LogP contribution is -2.66. The molecule has 0 radical (unpaired) electrons. The lowest BCUT2D eigenvalue weighted by Gasteiger charge is -2.43. The highest BCUT2D eigenvalue weighted by Gasteiger charge is 2.49. The van der Waals surface area contributed by atoms with Crippen LogP contribution >= 0.6 is 0 Å². The van der Waals surface area contributed by atoms with Gasteiger partial charge in [0.1, 0.15) is 0 Å². The van der Waals surface area contributed by atoms with Gasteiger partial charge in [0.15, 0.2) is 0 Å². The van der Waals surface area contributed by atoms with Gasteiger partial charge >= 0.3 is 0 Å². The van der Waals surface area contributed by atoms with E-state index in [1.807, 2.05) is 0 Å². The summed E-state index contributed by atoms with van der Waals surface area (Å²) in [5.74, 6) is 0.762. The average Bonchev–Trinajstić information content (AvgIpc) is 2.62. The number of hydrogen-bond acceptors (Lipinski definition) is 1. The van der Waals surface area contributed by atoms with Crippen LogP contribution in [-0.2, 0) is 4.43 Å². The van der Waals surface area contributed by atoms with Crippen LogP contribution in [0.3, 0.4) is 0 Å². The normalized spacial score (nSPS) is 12.6. The van der Waals surface area contributed by atoms with Crippen molar-refractivity contribution in [2.75, 3.05) is 6.61 Å². The van der Waals surface area contributed by atoms with Crippen LogP contribution in [0.5, 0.6) is 0 Å². The summed E-state index contributed by atoms with van der Waals surface area (Å²) in [6.07, 6.45) is 3.62. The Morgan fingerprint density at radius 3 is 1.60 bits per heavy atom. The first kappa shape index (κ1) is 19.9. The summed E-state index contributed by atoms with van der Waals surface area (Å²) in [7, 11) is -2.34. The highest BCUT2D eigenvalue weighted by Crippen LogP contribution is 2.37. The molecule has 0 spiro atoms. The van der Waals surface area contributed by atoms with Crippen molar-refractivity contribution in [1.82, 2.24) is 0 Å². The summed E-state index contributed by atoms with van der Waals surface area (Å²) in [5, 5.41) is 2.82. The highest BCUT2D eigenvalue weighted by molar-refractivity contribution is 6.99. The topological polar surface area (TPSA) is 9.23 Å². The van der Waals surface area contributed by atoms with E-state index in [0.29, 0.717) is 0 Å². The average molecular weight is 355 g/mol. The molecule has 0 atom stereocenters. The van der Waals surface area contributed by atoms with Gasteiger partial charge in [-0.2, -0.15) is 0 Å². The molecule has 2 rings (SSSR count). The minimum Gasteiger partial charge on any atom is -0.407 e. The summed E-state index contributed by atoms with van der Waals surface area (Å²) in [4.78, 5) is 0. The Labute approximate surface area is 155 Å². The zero-order valence-electron chi connectivity index (χ0n) is 16.6. The van der Waals surface area contributed by atoms with Crippen molar-refractivity contribution in [3.8, 4) is 0 Å². The molecule has 0 heterocycles. The van der Waals surface area contributed by atoms with E-state index in [-0.39, 0.29) is 5.04 Å². The van der Waals surface area contributed by atoms with Gasteiger partial charge in [0.2, 0.25) is 0 Å². The predicted octanol–water partition coefficient (Wildman–Crippen LogP) is 5.39. The van der Waals surface area contributed by atoms with E-state index in [2.05, 4.69) is 95.3 Å². The lowest BCUT2D eigenvalue weighted by molar-refractivity contribution is 0.257. The molecule has 2 aromatic carbocycles. The van der Waals surface area contributed by atoms with Crippen LogP contribution in [0.1, 0.15) is 53.9 Å². The van der Waals surface area contributed by atoms with Gasteiger partial charge in [-0.15, -0.1) is 0 Å². The van der Waals surface area contributed by atoms with Gasteiger partial charge in [-0.25, -0.2) is 0 Å². The van der Waals surface area contributed by atoms with Crippen LogP contribution in [0.25, 0.3) is 0 Å². The molecule has 0 fully saturated rings. The molecule has 0 aliphatic carbocycles. The van der Waals surface area contributed by atoms with Crippen LogP contribution < -0.4 is 10.4 Å². The molecule has 0 saturated heterocycles. The molecule has 1 nitrogen and oxygen atoms in total. The van der Waals surface area contributed by atoms with Crippen molar-refractivity contribution < 1.29 is 4.43 Å². The predicted molar refractivity (Wildman–Crippen MR) is 112 cm³/mol. The molecule has 2 aromatic rings. The Morgan fingerprint density at radius 1 is 0.800 bits per heavy atom. The molecule has 0 N–H and O–H groups in total. The van der Waals surface area contributed by atoms with Crippen LogP contribution in [0.15, 0.2) is 60.7 Å². The van der Waals surface area contributed by atoms with Gasteiger partial charge in [-0.3, -0.25) is 0 Å². The SMILES string of the molecule is CCC(CC)CCO[Si](c1ccccc1)(c1ccccc1)C(C)(C)C. The third-order valence-electron chi connectivity index (χ3n) is 5.42. The third kappa shape index (κ3) is 4.42. The summed E-state index contributed by atoms with van der Waals surface area (Å²) in [6, 6.07) is 21.9. The molecular formula is C23H34OSi. The van der Waals surface area contributed by atoms with Gasteiger partial charge in [0.05, 0.1) is 0 Å². The van der Waals surface area contributed by atoms with E-state index in [1.165, 1.54) is 23.2 Å². The van der Waals surface area contributed by atoms with E-state index in [4.69, 9.17) is 4.43 Å². The van der Waals surface area contributed by atoms with Crippen molar-refractivity contribution in [2.45, 2.75) is 58.9 Å². The van der Waals surface area contributed by atoms with Crippen LogP contribution in [0, 0.1) is 5.92 Å². The summed E-state index contributed by atoms with van der Waals surface area (Å²) in [6.45, 7) is 12.5. The monoisotopic (exact) mass is 354 g/mol.